The Morgan fingerprint density at radius 2 is 2.05 bits per heavy atom. The Labute approximate surface area is 221 Å². The Hall–Kier alpha value is -3.87. The van der Waals surface area contributed by atoms with Crippen molar-refractivity contribution in [2.45, 2.75) is 19.5 Å². The summed E-state index contributed by atoms with van der Waals surface area (Å²) in [6.07, 6.45) is 6.00. The Bertz CT molecular complexity index is 1570. The van der Waals surface area contributed by atoms with Crippen LogP contribution in [0.25, 0.3) is 17.0 Å². The van der Waals surface area contributed by atoms with E-state index >= 15 is 0 Å². The molecule has 3 heterocycles. The molecule has 1 aliphatic rings. The van der Waals surface area contributed by atoms with Gasteiger partial charge in [0.2, 0.25) is 5.95 Å². The van der Waals surface area contributed by atoms with E-state index < -0.39 is 5.95 Å². The lowest BCUT2D eigenvalue weighted by Gasteiger charge is -2.27. The number of benzene rings is 2. The van der Waals surface area contributed by atoms with Crippen LogP contribution in [-0.2, 0) is 19.5 Å². The molecule has 2 aromatic heterocycles. The van der Waals surface area contributed by atoms with Crippen LogP contribution in [-0.4, -0.2) is 33.6 Å². The van der Waals surface area contributed by atoms with Crippen LogP contribution in [0, 0.1) is 23.1 Å². The number of nitrogens with zero attached hydrogens (tertiary/aromatic N) is 4. The van der Waals surface area contributed by atoms with Gasteiger partial charge in [-0.1, -0.05) is 34.1 Å². The van der Waals surface area contributed by atoms with Crippen molar-refractivity contribution in [3.05, 3.63) is 105 Å². The van der Waals surface area contributed by atoms with Gasteiger partial charge in [-0.05, 0) is 59.2 Å². The second-order valence-electron chi connectivity index (χ2n) is 8.80. The minimum atomic E-state index is -0.597. The van der Waals surface area contributed by atoms with Crippen LogP contribution in [0.5, 0.6) is 0 Å². The van der Waals surface area contributed by atoms with Crippen molar-refractivity contribution in [1.82, 2.24) is 19.8 Å². The number of carbonyl (C=O) groups is 1. The quantitative estimate of drug-likeness (QED) is 0.313. The maximum Gasteiger partial charge on any atom is 0.326 e. The van der Waals surface area contributed by atoms with Gasteiger partial charge in [-0.15, -0.1) is 0 Å². The van der Waals surface area contributed by atoms with Gasteiger partial charge in [0.25, 0.3) is 0 Å². The summed E-state index contributed by atoms with van der Waals surface area (Å²) in [4.78, 5) is 19.1. The molecule has 0 unspecified atom stereocenters. The summed E-state index contributed by atoms with van der Waals surface area (Å²) in [5, 5.41) is 13.2. The highest BCUT2D eigenvalue weighted by atomic mass is 79.9. The predicted octanol–water partition coefficient (Wildman–Crippen LogP) is 5.78. The third kappa shape index (κ3) is 5.31. The zero-order chi connectivity index (χ0) is 25.9. The number of hydrogen-bond donors (Lipinski definition) is 1. The van der Waals surface area contributed by atoms with E-state index in [9.17, 15) is 18.8 Å². The Morgan fingerprint density at radius 3 is 2.84 bits per heavy atom. The first-order chi connectivity index (χ1) is 17.9. The van der Waals surface area contributed by atoms with E-state index in [0.717, 1.165) is 34.3 Å². The fraction of sp³-hybridized carbons (Fsp3) is 0.179. The summed E-state index contributed by atoms with van der Waals surface area (Å²) in [7, 11) is 0. The molecule has 2 aromatic carbocycles. The number of pyridine rings is 1. The summed E-state index contributed by atoms with van der Waals surface area (Å²) in [6.45, 7) is 2.20. The fourth-order valence-electron chi connectivity index (χ4n) is 4.65. The molecule has 9 heteroatoms. The van der Waals surface area contributed by atoms with E-state index in [2.05, 4.69) is 37.2 Å². The molecule has 0 aliphatic carbocycles. The molecular formula is C28H22BrF2N5O. The van der Waals surface area contributed by atoms with Gasteiger partial charge in [0.1, 0.15) is 5.82 Å². The third-order valence-electron chi connectivity index (χ3n) is 6.42. The van der Waals surface area contributed by atoms with Gasteiger partial charge in [0.15, 0.2) is 0 Å². The van der Waals surface area contributed by atoms with Crippen molar-refractivity contribution >= 4 is 38.9 Å². The molecule has 1 amide bonds. The summed E-state index contributed by atoms with van der Waals surface area (Å²) < 4.78 is 29.2. The molecule has 0 saturated carbocycles. The molecule has 0 bridgehead atoms. The zero-order valence-corrected chi connectivity index (χ0v) is 21.3. The summed E-state index contributed by atoms with van der Waals surface area (Å²) in [6, 6.07) is 14.7. The first kappa shape index (κ1) is 24.8. The standard InChI is InChI=1S/C28H22BrF2N5O/c29-24-14-21(30)5-4-20(24)2-1-10-35-11-8-26-23(17-35)22-12-18(15-32)3-6-25(22)36(26)28(37)34-16-19-7-9-33-27(31)13-19/h1-7,9,12-14H,8,10-11,16-17H2,(H,34,37). The second kappa shape index (κ2) is 10.6. The summed E-state index contributed by atoms with van der Waals surface area (Å²) in [5.41, 5.74) is 4.68. The van der Waals surface area contributed by atoms with Crippen LogP contribution < -0.4 is 5.32 Å². The average molecular weight is 562 g/mol. The maximum absolute atomic E-state index is 13.4. The van der Waals surface area contributed by atoms with Crippen LogP contribution in [0.1, 0.15) is 27.9 Å². The van der Waals surface area contributed by atoms with Gasteiger partial charge in [-0.25, -0.2) is 14.2 Å². The topological polar surface area (TPSA) is 74.0 Å². The molecule has 0 radical (unpaired) electrons. The number of hydrogen-bond acceptors (Lipinski definition) is 4. The van der Waals surface area contributed by atoms with E-state index in [4.69, 9.17) is 0 Å². The lowest BCUT2D eigenvalue weighted by Crippen LogP contribution is -2.34. The van der Waals surface area contributed by atoms with E-state index in [1.54, 1.807) is 28.8 Å². The van der Waals surface area contributed by atoms with E-state index in [1.807, 2.05) is 18.2 Å². The molecule has 0 atom stereocenters. The molecular weight excluding hydrogens is 540 g/mol. The first-order valence-corrected chi connectivity index (χ1v) is 12.5. The second-order valence-corrected chi connectivity index (χ2v) is 9.66. The van der Waals surface area contributed by atoms with Crippen molar-refractivity contribution in [2.75, 3.05) is 13.1 Å². The number of nitriles is 1. The van der Waals surface area contributed by atoms with Crippen molar-refractivity contribution in [3.8, 4) is 6.07 Å². The van der Waals surface area contributed by atoms with Crippen LogP contribution in [0.2, 0.25) is 0 Å². The third-order valence-corrected chi connectivity index (χ3v) is 7.10. The number of rotatable bonds is 5. The average Bonchev–Trinajstić information content (AvgIpc) is 3.21. The van der Waals surface area contributed by atoms with Crippen LogP contribution in [0.3, 0.4) is 0 Å². The Morgan fingerprint density at radius 1 is 1.19 bits per heavy atom. The molecule has 0 saturated heterocycles. The highest BCUT2D eigenvalue weighted by Crippen LogP contribution is 2.32. The van der Waals surface area contributed by atoms with Crippen molar-refractivity contribution < 1.29 is 13.6 Å². The number of aromatic nitrogens is 2. The van der Waals surface area contributed by atoms with Crippen LogP contribution >= 0.6 is 15.9 Å². The minimum Gasteiger partial charge on any atom is -0.333 e. The molecule has 1 N–H and O–H groups in total. The molecule has 1 aliphatic heterocycles. The largest absolute Gasteiger partial charge is 0.333 e. The molecule has 6 nitrogen and oxygen atoms in total. The first-order valence-electron chi connectivity index (χ1n) is 11.7. The molecule has 37 heavy (non-hydrogen) atoms. The normalized spacial score (nSPS) is 13.6. The fourth-order valence-corrected chi connectivity index (χ4v) is 5.13. The number of carbonyl (C=O) groups excluding carboxylic acids is 1. The SMILES string of the molecule is N#Cc1ccc2c(c1)c1c(n2C(=O)NCc2ccnc(F)c2)CCN(CC=Cc2ccc(F)cc2Br)C1. The van der Waals surface area contributed by atoms with Crippen molar-refractivity contribution in [1.29, 1.82) is 5.26 Å². The summed E-state index contributed by atoms with van der Waals surface area (Å²) in [5.74, 6) is -0.891. The number of nitrogens with one attached hydrogen (secondary N) is 1. The monoisotopic (exact) mass is 561 g/mol. The van der Waals surface area contributed by atoms with E-state index in [1.165, 1.54) is 24.4 Å². The molecule has 186 valence electrons. The van der Waals surface area contributed by atoms with Gasteiger partial charge < -0.3 is 5.32 Å². The zero-order valence-electron chi connectivity index (χ0n) is 19.7. The van der Waals surface area contributed by atoms with Crippen molar-refractivity contribution in [3.63, 3.8) is 0 Å². The van der Waals surface area contributed by atoms with Gasteiger partial charge in [0.05, 0.1) is 17.1 Å². The van der Waals surface area contributed by atoms with Gasteiger partial charge in [-0.2, -0.15) is 9.65 Å². The lowest BCUT2D eigenvalue weighted by atomic mass is 10.0. The van der Waals surface area contributed by atoms with Gasteiger partial charge in [-0.3, -0.25) is 9.47 Å². The summed E-state index contributed by atoms with van der Waals surface area (Å²) >= 11 is 3.39. The number of amides is 1. The number of fused-ring (bicyclic) bond motifs is 3. The van der Waals surface area contributed by atoms with Crippen LogP contribution in [0.4, 0.5) is 13.6 Å². The Kier molecular flexibility index (Phi) is 7.12. The lowest BCUT2D eigenvalue weighted by molar-refractivity contribution is 0.240. The smallest absolute Gasteiger partial charge is 0.326 e. The van der Waals surface area contributed by atoms with Gasteiger partial charge in [0, 0.05) is 54.3 Å². The Balaban J connectivity index is 1.39. The van der Waals surface area contributed by atoms with Gasteiger partial charge >= 0.3 is 6.03 Å². The maximum atomic E-state index is 13.4. The van der Waals surface area contributed by atoms with Crippen LogP contribution in [0.15, 0.2) is 65.3 Å². The molecule has 0 spiro atoms. The highest BCUT2D eigenvalue weighted by Gasteiger charge is 2.26. The molecule has 4 aromatic rings. The van der Waals surface area contributed by atoms with Crippen molar-refractivity contribution in [2.24, 2.45) is 0 Å². The highest BCUT2D eigenvalue weighted by molar-refractivity contribution is 9.10. The molecule has 5 rings (SSSR count). The number of halogens is 3. The van der Waals surface area contributed by atoms with E-state index in [-0.39, 0.29) is 18.4 Å². The molecule has 0 fully saturated rings. The minimum absolute atomic E-state index is 0.166. The van der Waals surface area contributed by atoms with E-state index in [0.29, 0.717) is 35.1 Å². The predicted molar refractivity (Wildman–Crippen MR) is 141 cm³/mol.